The van der Waals surface area contributed by atoms with E-state index >= 15 is 0 Å². The van der Waals surface area contributed by atoms with Gasteiger partial charge in [-0.15, -0.1) is 5.10 Å². The number of anilines is 2. The van der Waals surface area contributed by atoms with Crippen LogP contribution in [-0.2, 0) is 16.8 Å². The molecular weight excluding hydrogens is 366 g/mol. The molecule has 0 spiro atoms. The first-order valence-electron chi connectivity index (χ1n) is 9.33. The van der Waals surface area contributed by atoms with Crippen molar-refractivity contribution in [2.24, 2.45) is 0 Å². The average molecular weight is 389 g/mol. The molecule has 3 N–H and O–H groups in total. The van der Waals surface area contributed by atoms with E-state index in [4.69, 9.17) is 5.73 Å². The zero-order chi connectivity index (χ0) is 20.6. The van der Waals surface area contributed by atoms with E-state index in [1.54, 1.807) is 21.6 Å². The third kappa shape index (κ3) is 4.11. The fourth-order valence-corrected chi connectivity index (χ4v) is 3.08. The van der Waals surface area contributed by atoms with Crippen LogP contribution in [0, 0.1) is 0 Å². The van der Waals surface area contributed by atoms with Crippen LogP contribution in [0.25, 0.3) is 16.8 Å². The summed E-state index contributed by atoms with van der Waals surface area (Å²) < 4.78 is 3.22. The zero-order valence-corrected chi connectivity index (χ0v) is 16.6. The topological polar surface area (TPSA) is 103 Å². The lowest BCUT2D eigenvalue weighted by molar-refractivity contribution is -0.116. The van der Waals surface area contributed by atoms with Gasteiger partial charge in [0, 0.05) is 23.6 Å². The number of aromatic nitrogens is 5. The molecule has 0 saturated carbocycles. The lowest BCUT2D eigenvalue weighted by atomic mass is 9.87. The van der Waals surface area contributed by atoms with Crippen LogP contribution in [0.3, 0.4) is 0 Å². The van der Waals surface area contributed by atoms with Crippen LogP contribution in [-0.4, -0.2) is 30.3 Å². The molecular formula is C21H23N7O. The summed E-state index contributed by atoms with van der Waals surface area (Å²) >= 11 is 0. The molecule has 0 aliphatic carbocycles. The van der Waals surface area contributed by atoms with E-state index < -0.39 is 0 Å². The Bertz CT molecular complexity index is 1170. The van der Waals surface area contributed by atoms with Crippen molar-refractivity contribution < 1.29 is 4.79 Å². The number of carbonyl (C=O) groups excluding carboxylic acids is 1. The Morgan fingerprint density at radius 2 is 1.90 bits per heavy atom. The molecule has 8 heteroatoms. The molecule has 1 amide bonds. The van der Waals surface area contributed by atoms with E-state index in [0.717, 1.165) is 16.8 Å². The summed E-state index contributed by atoms with van der Waals surface area (Å²) in [6, 6.07) is 11.7. The van der Waals surface area contributed by atoms with Gasteiger partial charge in [-0.25, -0.2) is 4.52 Å². The first kappa shape index (κ1) is 18.7. The number of hydrogen-bond acceptors (Lipinski definition) is 5. The fraction of sp³-hybridized carbons (Fsp3) is 0.238. The smallest absolute Gasteiger partial charge is 0.246 e. The van der Waals surface area contributed by atoms with Gasteiger partial charge < -0.3 is 11.1 Å². The van der Waals surface area contributed by atoms with E-state index in [2.05, 4.69) is 41.3 Å². The molecule has 0 aliphatic heterocycles. The van der Waals surface area contributed by atoms with Crippen molar-refractivity contribution in [1.29, 1.82) is 0 Å². The minimum Gasteiger partial charge on any atom is -0.366 e. The summed E-state index contributed by atoms with van der Waals surface area (Å²) in [7, 11) is 0. The Kier molecular flexibility index (Phi) is 4.54. The molecule has 0 fully saturated rings. The molecule has 0 aliphatic rings. The van der Waals surface area contributed by atoms with Gasteiger partial charge in [0.25, 0.3) is 0 Å². The number of nitrogens with two attached hydrogens (primary N) is 1. The molecule has 0 saturated heterocycles. The van der Waals surface area contributed by atoms with Gasteiger partial charge in [-0.05, 0) is 40.8 Å². The number of hydrogen-bond donors (Lipinski definition) is 2. The first-order valence-corrected chi connectivity index (χ1v) is 9.33. The van der Waals surface area contributed by atoms with Gasteiger partial charge in [0.1, 0.15) is 6.54 Å². The number of nitrogen functional groups attached to an aromatic ring is 1. The maximum Gasteiger partial charge on any atom is 0.246 e. The summed E-state index contributed by atoms with van der Waals surface area (Å²) in [4.78, 5) is 16.5. The summed E-state index contributed by atoms with van der Waals surface area (Å²) in [5.41, 5.74) is 10.2. The molecule has 0 bridgehead atoms. The molecule has 0 radical (unpaired) electrons. The Balaban J connectivity index is 1.43. The maximum absolute atomic E-state index is 12.4. The van der Waals surface area contributed by atoms with Crippen LogP contribution in [0.1, 0.15) is 26.3 Å². The van der Waals surface area contributed by atoms with Crippen LogP contribution in [0.5, 0.6) is 0 Å². The molecule has 0 unspecified atom stereocenters. The summed E-state index contributed by atoms with van der Waals surface area (Å²) in [5, 5.41) is 11.3. The number of carbonyl (C=O) groups is 1. The van der Waals surface area contributed by atoms with Crippen LogP contribution in [0.2, 0.25) is 0 Å². The number of rotatable bonds is 4. The van der Waals surface area contributed by atoms with Crippen molar-refractivity contribution in [3.63, 3.8) is 0 Å². The average Bonchev–Trinajstić information content (AvgIpc) is 3.26. The zero-order valence-electron chi connectivity index (χ0n) is 16.6. The first-order chi connectivity index (χ1) is 13.8. The third-order valence-electron chi connectivity index (χ3n) is 4.66. The van der Waals surface area contributed by atoms with Gasteiger partial charge in [0.2, 0.25) is 11.9 Å². The van der Waals surface area contributed by atoms with Crippen molar-refractivity contribution in [2.75, 3.05) is 11.1 Å². The lowest BCUT2D eigenvalue weighted by Gasteiger charge is -2.19. The second-order valence-electron chi connectivity index (χ2n) is 7.99. The number of benzene rings is 1. The van der Waals surface area contributed by atoms with Gasteiger partial charge in [0.15, 0.2) is 5.65 Å². The maximum atomic E-state index is 12.4. The second-order valence-corrected chi connectivity index (χ2v) is 7.99. The van der Waals surface area contributed by atoms with Crippen molar-refractivity contribution >= 4 is 23.2 Å². The monoisotopic (exact) mass is 389 g/mol. The normalized spacial score (nSPS) is 11.7. The molecule has 3 heterocycles. The molecule has 148 valence electrons. The van der Waals surface area contributed by atoms with Crippen molar-refractivity contribution in [3.8, 4) is 11.1 Å². The molecule has 4 rings (SSSR count). The third-order valence-corrected chi connectivity index (χ3v) is 4.66. The standard InChI is InChI=1S/C21H23N7O/c1-21(2,3)16-4-6-17(7-5-16)24-19(29)13-27-12-15(11-23-27)14-8-9-28-18(10-14)25-20(22)26-28/h4-12H,13H2,1-3H3,(H2,22,26)(H,24,29). The second kappa shape index (κ2) is 7.05. The Hall–Kier alpha value is -3.68. The largest absolute Gasteiger partial charge is 0.366 e. The van der Waals surface area contributed by atoms with Gasteiger partial charge in [0.05, 0.1) is 6.20 Å². The highest BCUT2D eigenvalue weighted by molar-refractivity contribution is 5.90. The Labute approximate surface area is 168 Å². The van der Waals surface area contributed by atoms with Gasteiger partial charge in [-0.1, -0.05) is 32.9 Å². The highest BCUT2D eigenvalue weighted by Crippen LogP contribution is 2.23. The number of nitrogens with one attached hydrogen (secondary N) is 1. The lowest BCUT2D eigenvalue weighted by Crippen LogP contribution is -2.19. The van der Waals surface area contributed by atoms with Crippen LogP contribution < -0.4 is 11.1 Å². The van der Waals surface area contributed by atoms with E-state index in [0.29, 0.717) is 5.65 Å². The molecule has 29 heavy (non-hydrogen) atoms. The predicted octanol–water partition coefficient (Wildman–Crippen LogP) is 3.11. The van der Waals surface area contributed by atoms with Crippen LogP contribution >= 0.6 is 0 Å². The number of amides is 1. The Morgan fingerprint density at radius 3 is 2.62 bits per heavy atom. The fourth-order valence-electron chi connectivity index (χ4n) is 3.08. The number of nitrogens with zero attached hydrogens (tertiary/aromatic N) is 5. The van der Waals surface area contributed by atoms with Crippen LogP contribution in [0.15, 0.2) is 55.0 Å². The Morgan fingerprint density at radius 1 is 1.14 bits per heavy atom. The minimum absolute atomic E-state index is 0.0786. The molecule has 4 aromatic rings. The molecule has 8 nitrogen and oxygen atoms in total. The highest BCUT2D eigenvalue weighted by Gasteiger charge is 2.13. The quantitative estimate of drug-likeness (QED) is 0.558. The highest BCUT2D eigenvalue weighted by atomic mass is 16.2. The van der Waals surface area contributed by atoms with E-state index in [-0.39, 0.29) is 23.8 Å². The molecule has 0 atom stereocenters. The summed E-state index contributed by atoms with van der Waals surface area (Å²) in [6.07, 6.45) is 5.34. The minimum atomic E-state index is -0.135. The number of pyridine rings is 1. The predicted molar refractivity (Wildman–Crippen MR) is 112 cm³/mol. The van der Waals surface area contributed by atoms with Crippen molar-refractivity contribution in [3.05, 3.63) is 60.6 Å². The summed E-state index contributed by atoms with van der Waals surface area (Å²) in [5.74, 6) is 0.0916. The SMILES string of the molecule is CC(C)(C)c1ccc(NC(=O)Cn2cc(-c3ccn4nc(N)nc4c3)cn2)cc1. The van der Waals surface area contributed by atoms with Gasteiger partial charge in [-0.2, -0.15) is 10.1 Å². The van der Waals surface area contributed by atoms with E-state index in [1.807, 2.05) is 42.6 Å². The van der Waals surface area contributed by atoms with Crippen molar-refractivity contribution in [1.82, 2.24) is 24.4 Å². The van der Waals surface area contributed by atoms with E-state index in [9.17, 15) is 4.79 Å². The van der Waals surface area contributed by atoms with E-state index in [1.165, 1.54) is 5.56 Å². The van der Waals surface area contributed by atoms with Gasteiger partial charge >= 0.3 is 0 Å². The van der Waals surface area contributed by atoms with Crippen LogP contribution in [0.4, 0.5) is 11.6 Å². The summed E-state index contributed by atoms with van der Waals surface area (Å²) in [6.45, 7) is 6.60. The number of fused-ring (bicyclic) bond motifs is 1. The molecule has 3 aromatic heterocycles. The van der Waals surface area contributed by atoms with Gasteiger partial charge in [-0.3, -0.25) is 9.48 Å². The molecule has 1 aromatic carbocycles. The van der Waals surface area contributed by atoms with Crippen molar-refractivity contribution in [2.45, 2.75) is 32.7 Å².